The maximum absolute atomic E-state index is 12.5. The average molecular weight is 331 g/mol. The first kappa shape index (κ1) is 14.6. The van der Waals surface area contributed by atoms with Crippen molar-refractivity contribution in [3.8, 4) is 5.69 Å². The Kier molecular flexibility index (Phi) is 3.53. The van der Waals surface area contributed by atoms with Gasteiger partial charge in [-0.1, -0.05) is 17.7 Å². The van der Waals surface area contributed by atoms with Crippen LogP contribution in [0.3, 0.4) is 0 Å². The molecule has 2 amide bonds. The van der Waals surface area contributed by atoms with E-state index in [0.717, 1.165) is 29.8 Å². The smallest absolute Gasteiger partial charge is 0.318 e. The van der Waals surface area contributed by atoms with Gasteiger partial charge in [0.2, 0.25) is 0 Å². The predicted octanol–water partition coefficient (Wildman–Crippen LogP) is 3.99. The van der Waals surface area contributed by atoms with Crippen molar-refractivity contribution < 1.29 is 4.79 Å². The fourth-order valence-corrected chi connectivity index (χ4v) is 3.83. The summed E-state index contributed by atoms with van der Waals surface area (Å²) in [5.41, 5.74) is 2.77. The second-order valence-corrected chi connectivity index (χ2v) is 6.85. The quantitative estimate of drug-likeness (QED) is 0.905. The zero-order valence-electron chi connectivity index (χ0n) is 13.0. The number of carbonyl (C=O) groups excluding carboxylic acids is 1. The standard InChI is InChI=1S/C17H19ClN4O/c1-11-5-6-13(7-16(11)21-10-12(18)9-19-21)20-17(23)22-14-3-2-4-15(22)8-14/h5-7,9-10,14-15H,2-4,8H2,1H3,(H,20,23). The van der Waals surface area contributed by atoms with Crippen LogP contribution in [0.1, 0.15) is 31.2 Å². The third-order valence-electron chi connectivity index (χ3n) is 4.90. The number of aryl methyl sites for hydroxylation is 1. The van der Waals surface area contributed by atoms with Crippen LogP contribution in [0.2, 0.25) is 5.02 Å². The predicted molar refractivity (Wildman–Crippen MR) is 90.2 cm³/mol. The number of benzene rings is 1. The maximum Gasteiger partial charge on any atom is 0.322 e. The van der Waals surface area contributed by atoms with Gasteiger partial charge in [-0.25, -0.2) is 9.48 Å². The van der Waals surface area contributed by atoms with Gasteiger partial charge in [0.15, 0.2) is 0 Å². The van der Waals surface area contributed by atoms with E-state index in [9.17, 15) is 4.79 Å². The summed E-state index contributed by atoms with van der Waals surface area (Å²) in [7, 11) is 0. The van der Waals surface area contributed by atoms with E-state index in [-0.39, 0.29) is 6.03 Å². The summed E-state index contributed by atoms with van der Waals surface area (Å²) in [5.74, 6) is 0. The molecule has 1 aromatic heterocycles. The maximum atomic E-state index is 12.5. The molecule has 0 spiro atoms. The topological polar surface area (TPSA) is 50.2 Å². The number of urea groups is 1. The Bertz CT molecular complexity index is 743. The molecule has 23 heavy (non-hydrogen) atoms. The summed E-state index contributed by atoms with van der Waals surface area (Å²) < 4.78 is 1.73. The summed E-state index contributed by atoms with van der Waals surface area (Å²) in [6.45, 7) is 2.01. The van der Waals surface area contributed by atoms with Crippen LogP contribution >= 0.6 is 11.6 Å². The highest BCUT2D eigenvalue weighted by Gasteiger charge is 2.44. The highest BCUT2D eigenvalue weighted by atomic mass is 35.5. The highest BCUT2D eigenvalue weighted by molar-refractivity contribution is 6.30. The minimum Gasteiger partial charge on any atom is -0.318 e. The van der Waals surface area contributed by atoms with Gasteiger partial charge in [-0.2, -0.15) is 5.10 Å². The molecule has 3 heterocycles. The molecular formula is C17H19ClN4O. The second-order valence-electron chi connectivity index (χ2n) is 6.42. The minimum absolute atomic E-state index is 0.0132. The highest BCUT2D eigenvalue weighted by Crippen LogP contribution is 2.38. The lowest BCUT2D eigenvalue weighted by Gasteiger charge is -2.52. The number of hydrogen-bond acceptors (Lipinski definition) is 2. The molecule has 2 aliphatic heterocycles. The number of halogens is 1. The van der Waals surface area contributed by atoms with E-state index >= 15 is 0 Å². The molecule has 2 bridgehead atoms. The molecule has 1 aromatic carbocycles. The van der Waals surface area contributed by atoms with Crippen LogP contribution in [-0.2, 0) is 0 Å². The number of rotatable bonds is 2. The monoisotopic (exact) mass is 330 g/mol. The van der Waals surface area contributed by atoms with E-state index in [1.54, 1.807) is 17.1 Å². The Hall–Kier alpha value is -2.01. The summed E-state index contributed by atoms with van der Waals surface area (Å²) in [4.78, 5) is 14.5. The molecule has 2 atom stereocenters. The summed E-state index contributed by atoms with van der Waals surface area (Å²) in [6.07, 6.45) is 8.04. The Morgan fingerprint density at radius 1 is 1.35 bits per heavy atom. The Labute approximate surface area is 140 Å². The fourth-order valence-electron chi connectivity index (χ4n) is 3.69. The van der Waals surface area contributed by atoms with Gasteiger partial charge in [-0.3, -0.25) is 0 Å². The molecule has 0 saturated carbocycles. The second kappa shape index (κ2) is 5.57. The molecule has 1 N–H and O–H groups in total. The third kappa shape index (κ3) is 2.59. The fraction of sp³-hybridized carbons (Fsp3) is 0.412. The van der Waals surface area contributed by atoms with E-state index in [4.69, 9.17) is 11.6 Å². The van der Waals surface area contributed by atoms with E-state index in [0.29, 0.717) is 17.1 Å². The van der Waals surface area contributed by atoms with Crippen molar-refractivity contribution in [2.24, 2.45) is 0 Å². The number of nitrogens with one attached hydrogen (secondary N) is 1. The number of aromatic nitrogens is 2. The molecule has 2 aliphatic rings. The number of carbonyl (C=O) groups is 1. The van der Waals surface area contributed by atoms with Gasteiger partial charge in [0.05, 0.1) is 16.9 Å². The summed E-state index contributed by atoms with van der Waals surface area (Å²) in [6, 6.07) is 6.73. The van der Waals surface area contributed by atoms with Crippen molar-refractivity contribution in [1.82, 2.24) is 14.7 Å². The normalized spacial score (nSPS) is 22.6. The number of piperidine rings is 1. The molecule has 6 heteroatoms. The van der Waals surface area contributed by atoms with Gasteiger partial charge in [0.25, 0.3) is 0 Å². The molecule has 0 aliphatic carbocycles. The van der Waals surface area contributed by atoms with Crippen LogP contribution in [-0.4, -0.2) is 32.8 Å². The van der Waals surface area contributed by atoms with Crippen LogP contribution < -0.4 is 5.32 Å². The molecule has 2 fully saturated rings. The Morgan fingerprint density at radius 2 is 2.13 bits per heavy atom. The number of fused-ring (bicyclic) bond motifs is 2. The van der Waals surface area contributed by atoms with Crippen LogP contribution in [0.25, 0.3) is 5.69 Å². The van der Waals surface area contributed by atoms with Crippen molar-refractivity contribution >= 4 is 23.3 Å². The SMILES string of the molecule is Cc1ccc(NC(=O)N2C3CCCC2C3)cc1-n1cc(Cl)cn1. The van der Waals surface area contributed by atoms with Crippen LogP contribution in [0.5, 0.6) is 0 Å². The number of amides is 2. The van der Waals surface area contributed by atoms with E-state index < -0.39 is 0 Å². The molecular weight excluding hydrogens is 312 g/mol. The van der Waals surface area contributed by atoms with Gasteiger partial charge < -0.3 is 10.2 Å². The Morgan fingerprint density at radius 3 is 2.78 bits per heavy atom. The number of hydrogen-bond donors (Lipinski definition) is 1. The third-order valence-corrected chi connectivity index (χ3v) is 5.09. The zero-order valence-corrected chi connectivity index (χ0v) is 13.8. The van der Waals surface area contributed by atoms with Crippen LogP contribution in [0.15, 0.2) is 30.6 Å². The lowest BCUT2D eigenvalue weighted by Crippen LogP contribution is -2.62. The minimum atomic E-state index is 0.0132. The summed E-state index contributed by atoms with van der Waals surface area (Å²) >= 11 is 5.95. The van der Waals surface area contributed by atoms with Crippen molar-refractivity contribution in [1.29, 1.82) is 0 Å². The molecule has 4 rings (SSSR count). The lowest BCUT2D eigenvalue weighted by molar-refractivity contribution is 0.0173. The van der Waals surface area contributed by atoms with E-state index in [1.165, 1.54) is 12.8 Å². The molecule has 2 unspecified atom stereocenters. The first-order chi connectivity index (χ1) is 11.1. The molecule has 120 valence electrons. The van der Waals surface area contributed by atoms with Gasteiger partial charge in [-0.05, 0) is 50.3 Å². The largest absolute Gasteiger partial charge is 0.322 e. The van der Waals surface area contributed by atoms with Crippen molar-refractivity contribution in [3.63, 3.8) is 0 Å². The first-order valence-electron chi connectivity index (χ1n) is 8.02. The van der Waals surface area contributed by atoms with E-state index in [2.05, 4.69) is 10.4 Å². The van der Waals surface area contributed by atoms with E-state index in [1.807, 2.05) is 30.0 Å². The first-order valence-corrected chi connectivity index (χ1v) is 8.40. The molecule has 0 radical (unpaired) electrons. The van der Waals surface area contributed by atoms with Crippen LogP contribution in [0.4, 0.5) is 10.5 Å². The van der Waals surface area contributed by atoms with Gasteiger partial charge >= 0.3 is 6.03 Å². The van der Waals surface area contributed by atoms with Gasteiger partial charge in [0.1, 0.15) is 0 Å². The zero-order chi connectivity index (χ0) is 16.0. The summed E-state index contributed by atoms with van der Waals surface area (Å²) in [5, 5.41) is 7.86. The van der Waals surface area contributed by atoms with Gasteiger partial charge in [0, 0.05) is 24.0 Å². The lowest BCUT2D eigenvalue weighted by atomic mass is 9.80. The molecule has 2 aromatic rings. The van der Waals surface area contributed by atoms with Gasteiger partial charge in [-0.15, -0.1) is 0 Å². The number of nitrogens with zero attached hydrogens (tertiary/aromatic N) is 3. The number of anilines is 1. The Balaban J connectivity index is 1.54. The average Bonchev–Trinajstić information content (AvgIpc) is 2.96. The molecule has 5 nitrogen and oxygen atoms in total. The van der Waals surface area contributed by atoms with Crippen molar-refractivity contribution in [2.45, 2.75) is 44.7 Å². The van der Waals surface area contributed by atoms with Crippen LogP contribution in [0, 0.1) is 6.92 Å². The van der Waals surface area contributed by atoms with Crippen molar-refractivity contribution in [3.05, 3.63) is 41.2 Å². The van der Waals surface area contributed by atoms with Crippen molar-refractivity contribution in [2.75, 3.05) is 5.32 Å². The molecule has 2 saturated heterocycles.